The number of aromatic nitrogens is 5. The molecule has 0 spiro atoms. The van der Waals surface area contributed by atoms with E-state index in [4.69, 9.17) is 5.73 Å². The number of carbonyl (C=O) groups is 1. The average Bonchev–Trinajstić information content (AvgIpc) is 3.41. The highest BCUT2D eigenvalue weighted by molar-refractivity contribution is 6.13. The Morgan fingerprint density at radius 2 is 2.00 bits per heavy atom. The van der Waals surface area contributed by atoms with Crippen molar-refractivity contribution in [1.29, 1.82) is 0 Å². The zero-order chi connectivity index (χ0) is 23.7. The number of carbonyl (C=O) groups excluding carboxylic acids is 1. The van der Waals surface area contributed by atoms with Crippen LogP contribution in [-0.4, -0.2) is 41.3 Å². The van der Waals surface area contributed by atoms with Gasteiger partial charge in [-0.3, -0.25) is 19.8 Å². The van der Waals surface area contributed by atoms with Crippen LogP contribution in [0, 0.1) is 11.8 Å². The van der Waals surface area contributed by atoms with Gasteiger partial charge in [-0.1, -0.05) is 24.3 Å². The van der Waals surface area contributed by atoms with Crippen LogP contribution in [0.1, 0.15) is 48.0 Å². The van der Waals surface area contributed by atoms with Gasteiger partial charge in [-0.25, -0.2) is 4.98 Å². The summed E-state index contributed by atoms with van der Waals surface area (Å²) in [5.74, 6) is 6.59. The number of aromatic amines is 2. The van der Waals surface area contributed by atoms with E-state index >= 15 is 0 Å². The highest BCUT2D eigenvalue weighted by atomic mass is 16.3. The Kier molecular flexibility index (Phi) is 5.39. The first-order chi connectivity index (χ1) is 16.4. The molecular weight excluding hydrogens is 434 g/mol. The summed E-state index contributed by atoms with van der Waals surface area (Å²) in [4.78, 5) is 32.6. The van der Waals surface area contributed by atoms with E-state index in [-0.39, 0.29) is 17.3 Å². The summed E-state index contributed by atoms with van der Waals surface area (Å²) >= 11 is 0. The molecule has 1 amide bonds. The molecule has 172 valence electrons. The fourth-order valence-corrected chi connectivity index (χ4v) is 4.21. The second kappa shape index (κ2) is 8.53. The number of nitrogens with one attached hydrogen (secondary N) is 3. The third-order valence-corrected chi connectivity index (χ3v) is 5.92. The summed E-state index contributed by atoms with van der Waals surface area (Å²) in [6.45, 7) is 0. The summed E-state index contributed by atoms with van der Waals surface area (Å²) in [7, 11) is 0. The quantitative estimate of drug-likeness (QED) is 0.297. The van der Waals surface area contributed by atoms with Crippen molar-refractivity contribution in [2.75, 3.05) is 11.1 Å². The molecule has 0 bridgehead atoms. The zero-order valence-electron chi connectivity index (χ0n) is 18.3. The summed E-state index contributed by atoms with van der Waals surface area (Å²) in [6.07, 6.45) is 7.58. The third-order valence-electron chi connectivity index (χ3n) is 5.92. The predicted octanol–water partition coefficient (Wildman–Crippen LogP) is 2.32. The molecular formula is C24H23N7O3. The van der Waals surface area contributed by atoms with Gasteiger partial charge in [0, 0.05) is 29.4 Å². The molecule has 3 aromatic heterocycles. The molecule has 0 atom stereocenters. The van der Waals surface area contributed by atoms with Gasteiger partial charge in [-0.05, 0) is 43.9 Å². The van der Waals surface area contributed by atoms with Gasteiger partial charge in [0.05, 0.1) is 11.1 Å². The molecule has 0 radical (unpaired) electrons. The highest BCUT2D eigenvalue weighted by Crippen LogP contribution is 2.29. The van der Waals surface area contributed by atoms with E-state index in [2.05, 4.69) is 37.3 Å². The van der Waals surface area contributed by atoms with Crippen LogP contribution in [0.25, 0.3) is 16.7 Å². The molecule has 1 aromatic carbocycles. The maximum atomic E-state index is 13.0. The Balaban J connectivity index is 1.58. The molecule has 10 heteroatoms. The number of benzene rings is 1. The number of rotatable bonds is 3. The predicted molar refractivity (Wildman–Crippen MR) is 128 cm³/mol. The number of H-pyrrole nitrogens is 2. The van der Waals surface area contributed by atoms with E-state index in [0.717, 1.165) is 19.3 Å². The van der Waals surface area contributed by atoms with Gasteiger partial charge >= 0.3 is 0 Å². The topological polar surface area (TPSA) is 155 Å². The summed E-state index contributed by atoms with van der Waals surface area (Å²) in [5.41, 5.74) is 6.24. The lowest BCUT2D eigenvalue weighted by Crippen LogP contribution is -2.29. The van der Waals surface area contributed by atoms with E-state index in [1.165, 1.54) is 12.3 Å². The number of fused-ring (bicyclic) bond motifs is 1. The van der Waals surface area contributed by atoms with Gasteiger partial charge in [0.15, 0.2) is 0 Å². The fraction of sp³-hybridized carbons (Fsp3) is 0.250. The number of aliphatic hydroxyl groups is 1. The van der Waals surface area contributed by atoms with E-state index < -0.39 is 11.5 Å². The first-order valence-electron chi connectivity index (χ1n) is 11.0. The van der Waals surface area contributed by atoms with Crippen LogP contribution >= 0.6 is 0 Å². The summed E-state index contributed by atoms with van der Waals surface area (Å²) in [5, 5.41) is 19.1. The van der Waals surface area contributed by atoms with Crippen LogP contribution in [0.3, 0.4) is 0 Å². The number of hydrogen-bond acceptors (Lipinski definition) is 6. The van der Waals surface area contributed by atoms with Crippen molar-refractivity contribution in [3.8, 4) is 17.7 Å². The van der Waals surface area contributed by atoms with Gasteiger partial charge in [0.1, 0.15) is 17.2 Å². The van der Waals surface area contributed by atoms with Gasteiger partial charge in [-0.2, -0.15) is 4.98 Å². The monoisotopic (exact) mass is 457 g/mol. The lowest BCUT2D eigenvalue weighted by molar-refractivity contribution is 0.0610. The zero-order valence-corrected chi connectivity index (χ0v) is 18.3. The molecule has 1 aliphatic rings. The van der Waals surface area contributed by atoms with Crippen molar-refractivity contribution < 1.29 is 9.90 Å². The normalized spacial score (nSPS) is 15.0. The molecule has 6 N–H and O–H groups in total. The van der Waals surface area contributed by atoms with Gasteiger partial charge in [-0.15, -0.1) is 0 Å². The van der Waals surface area contributed by atoms with Gasteiger partial charge in [0.25, 0.3) is 11.5 Å². The molecule has 34 heavy (non-hydrogen) atoms. The van der Waals surface area contributed by atoms with Crippen LogP contribution in [0.15, 0.2) is 47.5 Å². The molecule has 3 heterocycles. The lowest BCUT2D eigenvalue weighted by atomic mass is 9.85. The highest BCUT2D eigenvalue weighted by Gasteiger charge is 2.26. The number of amides is 1. The molecule has 10 nitrogen and oxygen atoms in total. The average molecular weight is 457 g/mol. The summed E-state index contributed by atoms with van der Waals surface area (Å²) < 4.78 is 1.74. The third kappa shape index (κ3) is 4.29. The van der Waals surface area contributed by atoms with Crippen LogP contribution in [0.5, 0.6) is 0 Å². The fourth-order valence-electron chi connectivity index (χ4n) is 4.21. The number of anilines is 2. The molecule has 4 aromatic rings. The first kappa shape index (κ1) is 21.5. The molecule has 0 unspecified atom stereocenters. The second-order valence-corrected chi connectivity index (χ2v) is 8.39. The van der Waals surface area contributed by atoms with Crippen molar-refractivity contribution in [2.24, 2.45) is 0 Å². The van der Waals surface area contributed by atoms with Crippen molar-refractivity contribution in [3.63, 3.8) is 0 Å². The van der Waals surface area contributed by atoms with E-state index in [1.807, 2.05) is 12.1 Å². The Bertz CT molecular complexity index is 1500. The summed E-state index contributed by atoms with van der Waals surface area (Å²) in [6, 6.07) is 8.41. The van der Waals surface area contributed by atoms with Crippen LogP contribution < -0.4 is 16.6 Å². The molecule has 5 rings (SSSR count). The SMILES string of the molecule is Nc1nccc(-n2cc(C(=O)Nc3cc(=O)[nH][nH]3)c3ccc(C#CC4(O)CCCCC4)cc32)n1. The van der Waals surface area contributed by atoms with Crippen molar-refractivity contribution >= 4 is 28.6 Å². The molecule has 1 fully saturated rings. The largest absolute Gasteiger partial charge is 0.378 e. The lowest BCUT2D eigenvalue weighted by Gasteiger charge is -2.26. The number of nitrogen functional groups attached to an aromatic ring is 1. The van der Waals surface area contributed by atoms with Crippen LogP contribution in [0.4, 0.5) is 11.8 Å². The van der Waals surface area contributed by atoms with Crippen molar-refractivity contribution in [2.45, 2.75) is 37.7 Å². The molecule has 1 saturated carbocycles. The minimum atomic E-state index is -0.963. The Morgan fingerprint density at radius 3 is 2.74 bits per heavy atom. The van der Waals surface area contributed by atoms with Crippen molar-refractivity contribution in [3.05, 3.63) is 64.2 Å². The second-order valence-electron chi connectivity index (χ2n) is 8.39. The number of nitrogens with two attached hydrogens (primary N) is 1. The van der Waals surface area contributed by atoms with E-state index in [1.54, 1.807) is 22.9 Å². The molecule has 0 aliphatic heterocycles. The molecule has 0 saturated heterocycles. The van der Waals surface area contributed by atoms with Crippen LogP contribution in [-0.2, 0) is 0 Å². The van der Waals surface area contributed by atoms with E-state index in [9.17, 15) is 14.7 Å². The standard InChI is InChI=1S/C24H23N7O3/c25-23-26-11-7-20(28-23)31-14-17(22(33)27-19-13-21(32)30-29-19)16-5-4-15(12-18(16)31)6-10-24(34)8-2-1-3-9-24/h4-5,7,11-14,34H,1-3,8-9H2,(H2,25,26,28)(H3,27,29,30,32,33). The Hall–Kier alpha value is -4.36. The number of nitrogens with zero attached hydrogens (tertiary/aromatic N) is 3. The smallest absolute Gasteiger partial charge is 0.266 e. The minimum absolute atomic E-state index is 0.103. The Labute approximate surface area is 194 Å². The molecule has 1 aliphatic carbocycles. The minimum Gasteiger partial charge on any atom is -0.378 e. The Morgan fingerprint density at radius 1 is 1.18 bits per heavy atom. The van der Waals surface area contributed by atoms with Crippen LogP contribution in [0.2, 0.25) is 0 Å². The maximum absolute atomic E-state index is 13.0. The number of hydrogen-bond donors (Lipinski definition) is 5. The van der Waals surface area contributed by atoms with Gasteiger partial charge in [0.2, 0.25) is 5.95 Å². The van der Waals surface area contributed by atoms with Gasteiger partial charge < -0.3 is 20.7 Å². The van der Waals surface area contributed by atoms with Crippen molar-refractivity contribution in [1.82, 2.24) is 24.7 Å². The first-order valence-corrected chi connectivity index (χ1v) is 11.0. The maximum Gasteiger partial charge on any atom is 0.266 e. The van der Waals surface area contributed by atoms with E-state index in [0.29, 0.717) is 40.7 Å².